The molecule has 1 amide bonds. The largest absolute Gasteiger partial charge is 0.318 e. The van der Waals surface area contributed by atoms with E-state index < -0.39 is 11.7 Å². The van der Waals surface area contributed by atoms with Gasteiger partial charge in [0.25, 0.3) is 5.91 Å². The lowest BCUT2D eigenvalue weighted by Gasteiger charge is -2.05. The predicted octanol–water partition coefficient (Wildman–Crippen LogP) is 3.24. The number of carbonyl (C=O) groups excluding carboxylic acids is 1. The molecular formula is C12H8BrFN2O. The molecule has 0 spiro atoms. The Morgan fingerprint density at radius 3 is 2.76 bits per heavy atom. The number of rotatable bonds is 2. The van der Waals surface area contributed by atoms with E-state index in [-0.39, 0.29) is 11.4 Å². The van der Waals surface area contributed by atoms with Gasteiger partial charge in [0.05, 0.1) is 5.69 Å². The molecule has 1 aromatic carbocycles. The summed E-state index contributed by atoms with van der Waals surface area (Å²) in [6.45, 7) is 0. The van der Waals surface area contributed by atoms with Crippen molar-refractivity contribution in [2.45, 2.75) is 0 Å². The van der Waals surface area contributed by atoms with Crippen LogP contribution in [0.15, 0.2) is 47.1 Å². The molecule has 0 saturated carbocycles. The fourth-order valence-electron chi connectivity index (χ4n) is 1.27. The molecule has 0 saturated heterocycles. The Hall–Kier alpha value is -1.75. The van der Waals surface area contributed by atoms with Crippen molar-refractivity contribution >= 4 is 27.5 Å². The van der Waals surface area contributed by atoms with Crippen LogP contribution in [0.1, 0.15) is 10.5 Å². The first-order valence-electron chi connectivity index (χ1n) is 4.84. The van der Waals surface area contributed by atoms with Crippen LogP contribution < -0.4 is 5.32 Å². The van der Waals surface area contributed by atoms with E-state index in [0.717, 1.165) is 0 Å². The summed E-state index contributed by atoms with van der Waals surface area (Å²) >= 11 is 3.14. The maximum absolute atomic E-state index is 13.5. The number of carbonyl (C=O) groups is 1. The van der Waals surface area contributed by atoms with Gasteiger partial charge < -0.3 is 5.32 Å². The number of nitrogens with one attached hydrogen (secondary N) is 1. The highest BCUT2D eigenvalue weighted by molar-refractivity contribution is 9.10. The van der Waals surface area contributed by atoms with Gasteiger partial charge in [0.15, 0.2) is 0 Å². The summed E-state index contributed by atoms with van der Waals surface area (Å²) in [5.74, 6) is -0.935. The summed E-state index contributed by atoms with van der Waals surface area (Å²) in [6, 6.07) is 9.38. The summed E-state index contributed by atoms with van der Waals surface area (Å²) in [7, 11) is 0. The fraction of sp³-hybridized carbons (Fsp3) is 0. The normalized spacial score (nSPS) is 10.0. The van der Waals surface area contributed by atoms with Crippen LogP contribution in [0.3, 0.4) is 0 Å². The van der Waals surface area contributed by atoms with Crippen LogP contribution in [0.5, 0.6) is 0 Å². The van der Waals surface area contributed by atoms with Crippen molar-refractivity contribution in [1.82, 2.24) is 4.98 Å². The predicted molar refractivity (Wildman–Crippen MR) is 66.3 cm³/mol. The Labute approximate surface area is 106 Å². The zero-order valence-electron chi connectivity index (χ0n) is 8.65. The maximum Gasteiger partial charge on any atom is 0.274 e. The molecular weight excluding hydrogens is 287 g/mol. The first kappa shape index (κ1) is 11.7. The smallest absolute Gasteiger partial charge is 0.274 e. The van der Waals surface area contributed by atoms with Crippen LogP contribution in [0, 0.1) is 5.82 Å². The average Bonchev–Trinajstić information content (AvgIpc) is 2.34. The summed E-state index contributed by atoms with van der Waals surface area (Å²) < 4.78 is 14.1. The Bertz CT molecular complexity index is 545. The molecule has 0 fully saturated rings. The third-order valence-corrected chi connectivity index (χ3v) is 2.57. The quantitative estimate of drug-likeness (QED) is 0.924. The van der Waals surface area contributed by atoms with E-state index in [1.165, 1.54) is 18.3 Å². The van der Waals surface area contributed by atoms with Crippen LogP contribution in [0.2, 0.25) is 0 Å². The molecule has 2 rings (SSSR count). The summed E-state index contributed by atoms with van der Waals surface area (Å²) in [4.78, 5) is 15.6. The average molecular weight is 295 g/mol. The van der Waals surface area contributed by atoms with E-state index in [1.807, 2.05) is 0 Å². The summed E-state index contributed by atoms with van der Waals surface area (Å²) in [5, 5.41) is 2.46. The molecule has 0 bridgehead atoms. The van der Waals surface area contributed by atoms with Crippen LogP contribution in [-0.4, -0.2) is 10.9 Å². The molecule has 5 heteroatoms. The van der Waals surface area contributed by atoms with Crippen molar-refractivity contribution in [1.29, 1.82) is 0 Å². The number of aromatic nitrogens is 1. The second kappa shape index (κ2) is 5.05. The lowest BCUT2D eigenvalue weighted by molar-refractivity contribution is 0.102. The van der Waals surface area contributed by atoms with Crippen molar-refractivity contribution in [3.05, 3.63) is 58.6 Å². The molecule has 2 aromatic rings. The second-order valence-corrected chi connectivity index (χ2v) is 4.21. The van der Waals surface area contributed by atoms with Crippen LogP contribution in [0.25, 0.3) is 0 Å². The van der Waals surface area contributed by atoms with E-state index in [2.05, 4.69) is 26.2 Å². The van der Waals surface area contributed by atoms with Gasteiger partial charge in [0.2, 0.25) is 0 Å². The first-order chi connectivity index (χ1) is 8.16. The van der Waals surface area contributed by atoms with Crippen LogP contribution in [-0.2, 0) is 0 Å². The molecule has 0 atom stereocenters. The molecule has 0 aliphatic heterocycles. The highest BCUT2D eigenvalue weighted by Gasteiger charge is 2.09. The molecule has 0 aliphatic rings. The van der Waals surface area contributed by atoms with Gasteiger partial charge >= 0.3 is 0 Å². The number of hydrogen-bond acceptors (Lipinski definition) is 2. The fourth-order valence-corrected chi connectivity index (χ4v) is 1.61. The minimum Gasteiger partial charge on any atom is -0.318 e. The van der Waals surface area contributed by atoms with Crippen LogP contribution in [0.4, 0.5) is 10.1 Å². The number of amides is 1. The third-order valence-electron chi connectivity index (χ3n) is 2.08. The number of anilines is 1. The molecule has 86 valence electrons. The van der Waals surface area contributed by atoms with Crippen molar-refractivity contribution in [2.24, 2.45) is 0 Å². The van der Waals surface area contributed by atoms with Gasteiger partial charge in [0, 0.05) is 10.7 Å². The highest BCUT2D eigenvalue weighted by Crippen LogP contribution is 2.19. The van der Waals surface area contributed by atoms with Gasteiger partial charge in [-0.05, 0) is 30.3 Å². The van der Waals surface area contributed by atoms with Crippen molar-refractivity contribution in [3.63, 3.8) is 0 Å². The van der Waals surface area contributed by atoms with Crippen molar-refractivity contribution < 1.29 is 9.18 Å². The highest BCUT2D eigenvalue weighted by atomic mass is 79.9. The Balaban J connectivity index is 2.19. The minimum absolute atomic E-state index is 0.129. The molecule has 3 nitrogen and oxygen atoms in total. The zero-order valence-corrected chi connectivity index (χ0v) is 10.2. The number of halogens is 2. The minimum atomic E-state index is -0.497. The SMILES string of the molecule is O=C(Nc1ccc(Br)cc1F)c1ccccn1. The molecule has 1 aromatic heterocycles. The molecule has 0 unspecified atom stereocenters. The second-order valence-electron chi connectivity index (χ2n) is 3.29. The van der Waals surface area contributed by atoms with E-state index in [9.17, 15) is 9.18 Å². The van der Waals surface area contributed by atoms with Gasteiger partial charge in [-0.25, -0.2) is 4.39 Å². The summed E-state index contributed by atoms with van der Waals surface area (Å²) in [6.07, 6.45) is 1.51. The number of nitrogens with zero attached hydrogens (tertiary/aromatic N) is 1. The van der Waals surface area contributed by atoms with Crippen molar-refractivity contribution in [3.8, 4) is 0 Å². The molecule has 0 aliphatic carbocycles. The first-order valence-corrected chi connectivity index (χ1v) is 5.63. The van der Waals surface area contributed by atoms with Crippen molar-refractivity contribution in [2.75, 3.05) is 5.32 Å². The lowest BCUT2D eigenvalue weighted by atomic mass is 10.3. The lowest BCUT2D eigenvalue weighted by Crippen LogP contribution is -2.14. The van der Waals surface area contributed by atoms with Gasteiger partial charge in [-0.2, -0.15) is 0 Å². The molecule has 1 N–H and O–H groups in total. The number of hydrogen-bond donors (Lipinski definition) is 1. The van der Waals surface area contributed by atoms with Gasteiger partial charge in [0.1, 0.15) is 11.5 Å². The van der Waals surface area contributed by atoms with E-state index in [4.69, 9.17) is 0 Å². The standard InChI is InChI=1S/C12H8BrFN2O/c13-8-4-5-10(9(14)7-8)16-12(17)11-3-1-2-6-15-11/h1-7H,(H,16,17). The summed E-state index contributed by atoms with van der Waals surface area (Å²) in [5.41, 5.74) is 0.374. The van der Waals surface area contributed by atoms with E-state index in [0.29, 0.717) is 4.47 Å². The topological polar surface area (TPSA) is 42.0 Å². The van der Waals surface area contributed by atoms with E-state index >= 15 is 0 Å². The Morgan fingerprint density at radius 1 is 1.29 bits per heavy atom. The molecule has 17 heavy (non-hydrogen) atoms. The van der Waals surface area contributed by atoms with E-state index in [1.54, 1.807) is 24.3 Å². The molecule has 0 radical (unpaired) electrons. The Morgan fingerprint density at radius 2 is 2.12 bits per heavy atom. The van der Waals surface area contributed by atoms with Gasteiger partial charge in [-0.1, -0.05) is 22.0 Å². The zero-order chi connectivity index (χ0) is 12.3. The number of benzene rings is 1. The number of pyridine rings is 1. The van der Waals surface area contributed by atoms with Crippen LogP contribution >= 0.6 is 15.9 Å². The third kappa shape index (κ3) is 2.88. The monoisotopic (exact) mass is 294 g/mol. The maximum atomic E-state index is 13.5. The van der Waals surface area contributed by atoms with Gasteiger partial charge in [-0.15, -0.1) is 0 Å². The Kier molecular flexibility index (Phi) is 3.49. The molecule has 1 heterocycles. The van der Waals surface area contributed by atoms with Gasteiger partial charge in [-0.3, -0.25) is 9.78 Å².